The highest BCUT2D eigenvalue weighted by Crippen LogP contribution is 2.35. The molecule has 2 aromatic carbocycles. The fraction of sp³-hybridized carbons (Fsp3) is 0.355. The molecule has 0 spiro atoms. The highest BCUT2D eigenvalue weighted by molar-refractivity contribution is 6.30. The average molecular weight is 656 g/mol. The van der Waals surface area contributed by atoms with Crippen molar-refractivity contribution in [2.24, 2.45) is 11.8 Å². The minimum atomic E-state index is 0.171. The number of aliphatic hydroxyl groups excluding tert-OH is 2. The third-order valence-corrected chi connectivity index (χ3v) is 8.06. The summed E-state index contributed by atoms with van der Waals surface area (Å²) >= 11 is 11.8. The third kappa shape index (κ3) is 8.76. The molecule has 4 heterocycles. The molecule has 0 aliphatic carbocycles. The SMILES string of the molecule is Nc1ncc(Oc2ccc(Cl)cc2)c(N2CCC(CCO)C2)n1.Nc1ncc(Oc2ccc(Cl)cc2)c(N2CCC(CO)C2)n1. The van der Waals surface area contributed by atoms with Crippen molar-refractivity contribution in [2.75, 3.05) is 60.7 Å². The van der Waals surface area contributed by atoms with Gasteiger partial charge in [-0.3, -0.25) is 0 Å². The average Bonchev–Trinajstić information content (AvgIpc) is 3.72. The van der Waals surface area contributed by atoms with Crippen LogP contribution in [-0.2, 0) is 0 Å². The Labute approximate surface area is 271 Å². The zero-order valence-electron chi connectivity index (χ0n) is 24.6. The van der Waals surface area contributed by atoms with E-state index < -0.39 is 0 Å². The van der Waals surface area contributed by atoms with Gasteiger partial charge in [-0.05, 0) is 73.7 Å². The summed E-state index contributed by atoms with van der Waals surface area (Å²) in [6.07, 6.45) is 5.89. The van der Waals surface area contributed by atoms with Gasteiger partial charge in [0.25, 0.3) is 0 Å². The van der Waals surface area contributed by atoms with Gasteiger partial charge in [-0.2, -0.15) is 9.97 Å². The number of halogens is 2. The van der Waals surface area contributed by atoms with Gasteiger partial charge >= 0.3 is 0 Å². The number of ether oxygens (including phenoxy) is 2. The van der Waals surface area contributed by atoms with E-state index in [9.17, 15) is 5.11 Å². The molecule has 14 heteroatoms. The Bertz CT molecular complexity index is 1550. The topological polar surface area (TPSA) is 169 Å². The van der Waals surface area contributed by atoms with Gasteiger partial charge in [0.15, 0.2) is 23.1 Å². The van der Waals surface area contributed by atoms with Crippen molar-refractivity contribution in [3.63, 3.8) is 0 Å². The number of hydrogen-bond donors (Lipinski definition) is 4. The quantitative estimate of drug-likeness (QED) is 0.190. The second-order valence-corrected chi connectivity index (χ2v) is 11.7. The second kappa shape index (κ2) is 15.3. The molecule has 238 valence electrons. The van der Waals surface area contributed by atoms with Crippen LogP contribution in [0.2, 0.25) is 10.0 Å². The van der Waals surface area contributed by atoms with Crippen LogP contribution in [-0.4, -0.2) is 69.5 Å². The van der Waals surface area contributed by atoms with Crippen LogP contribution in [0.5, 0.6) is 23.0 Å². The Morgan fingerprint density at radius 1 is 0.711 bits per heavy atom. The summed E-state index contributed by atoms with van der Waals surface area (Å²) in [6.45, 7) is 3.59. The van der Waals surface area contributed by atoms with Crippen LogP contribution in [0, 0.1) is 11.8 Å². The molecule has 45 heavy (non-hydrogen) atoms. The number of aromatic nitrogens is 4. The van der Waals surface area contributed by atoms with Crippen LogP contribution >= 0.6 is 23.2 Å². The van der Waals surface area contributed by atoms with Crippen molar-refractivity contribution < 1.29 is 19.7 Å². The zero-order valence-corrected chi connectivity index (χ0v) is 26.1. The molecule has 2 saturated heterocycles. The number of nitrogens with zero attached hydrogens (tertiary/aromatic N) is 6. The number of nitrogen functional groups attached to an aromatic ring is 2. The summed E-state index contributed by atoms with van der Waals surface area (Å²) in [7, 11) is 0. The summed E-state index contributed by atoms with van der Waals surface area (Å²) in [6, 6.07) is 14.2. The zero-order chi connectivity index (χ0) is 31.8. The van der Waals surface area contributed by atoms with Crippen molar-refractivity contribution in [1.82, 2.24) is 19.9 Å². The van der Waals surface area contributed by atoms with Gasteiger partial charge in [0, 0.05) is 55.4 Å². The van der Waals surface area contributed by atoms with Gasteiger partial charge in [-0.1, -0.05) is 23.2 Å². The van der Waals surface area contributed by atoms with Crippen LogP contribution in [0.1, 0.15) is 19.3 Å². The molecule has 6 rings (SSSR count). The molecule has 2 atom stereocenters. The summed E-state index contributed by atoms with van der Waals surface area (Å²) in [4.78, 5) is 20.9. The molecule has 0 amide bonds. The Morgan fingerprint density at radius 3 is 1.58 bits per heavy atom. The van der Waals surface area contributed by atoms with E-state index in [-0.39, 0.29) is 31.0 Å². The third-order valence-electron chi connectivity index (χ3n) is 7.56. The summed E-state index contributed by atoms with van der Waals surface area (Å²) in [5.74, 6) is 4.87. The van der Waals surface area contributed by atoms with E-state index in [1.165, 1.54) is 0 Å². The first kappa shape index (κ1) is 32.3. The first-order valence-corrected chi connectivity index (χ1v) is 15.4. The van der Waals surface area contributed by atoms with Crippen molar-refractivity contribution in [1.29, 1.82) is 0 Å². The lowest BCUT2D eigenvalue weighted by molar-refractivity contribution is 0.238. The molecule has 0 saturated carbocycles. The van der Waals surface area contributed by atoms with E-state index in [0.29, 0.717) is 50.6 Å². The molecule has 2 aliphatic heterocycles. The fourth-order valence-electron chi connectivity index (χ4n) is 5.22. The smallest absolute Gasteiger partial charge is 0.222 e. The minimum absolute atomic E-state index is 0.171. The molecule has 0 bridgehead atoms. The summed E-state index contributed by atoms with van der Waals surface area (Å²) < 4.78 is 11.8. The fourth-order valence-corrected chi connectivity index (χ4v) is 5.48. The number of hydrogen-bond acceptors (Lipinski definition) is 12. The van der Waals surface area contributed by atoms with Gasteiger partial charge in [0.1, 0.15) is 11.5 Å². The van der Waals surface area contributed by atoms with E-state index >= 15 is 0 Å². The number of anilines is 4. The van der Waals surface area contributed by atoms with Crippen LogP contribution in [0.4, 0.5) is 23.5 Å². The predicted octanol–water partition coefficient (Wildman–Crippen LogP) is 5.04. The van der Waals surface area contributed by atoms with Gasteiger partial charge in [0.05, 0.1) is 12.4 Å². The number of nitrogens with two attached hydrogens (primary N) is 2. The molecule has 0 radical (unpaired) electrons. The lowest BCUT2D eigenvalue weighted by Gasteiger charge is -2.20. The molecule has 6 N–H and O–H groups in total. The Kier molecular flexibility index (Phi) is 11.0. The van der Waals surface area contributed by atoms with Crippen LogP contribution in [0.15, 0.2) is 60.9 Å². The van der Waals surface area contributed by atoms with E-state index in [2.05, 4.69) is 29.7 Å². The summed E-state index contributed by atoms with van der Waals surface area (Å²) in [5.41, 5.74) is 11.4. The molecule has 4 aromatic rings. The molecule has 2 aliphatic rings. The monoisotopic (exact) mass is 654 g/mol. The molecular formula is C31H36Cl2N8O4. The molecule has 2 aromatic heterocycles. The highest BCUT2D eigenvalue weighted by Gasteiger charge is 2.27. The number of aliphatic hydroxyl groups is 2. The molecular weight excluding hydrogens is 619 g/mol. The van der Waals surface area contributed by atoms with E-state index in [4.69, 9.17) is 49.2 Å². The van der Waals surface area contributed by atoms with Crippen molar-refractivity contribution >= 4 is 46.7 Å². The Morgan fingerprint density at radius 2 is 1.16 bits per heavy atom. The van der Waals surface area contributed by atoms with E-state index in [1.807, 2.05) is 0 Å². The molecule has 2 fully saturated rings. The highest BCUT2D eigenvalue weighted by atomic mass is 35.5. The van der Waals surface area contributed by atoms with E-state index in [1.54, 1.807) is 60.9 Å². The van der Waals surface area contributed by atoms with E-state index in [0.717, 1.165) is 45.4 Å². The van der Waals surface area contributed by atoms with Gasteiger partial charge < -0.3 is 41.0 Å². The number of benzene rings is 2. The lowest BCUT2D eigenvalue weighted by Crippen LogP contribution is -2.22. The second-order valence-electron chi connectivity index (χ2n) is 10.8. The van der Waals surface area contributed by atoms with Crippen LogP contribution in [0.25, 0.3) is 0 Å². The maximum Gasteiger partial charge on any atom is 0.222 e. The standard InChI is InChI=1S/C16H19ClN4O2.C15H17ClN4O2/c17-12-1-3-13(4-2-12)23-14-9-19-16(18)20-15(14)21-7-5-11(10-21)6-8-22;16-11-1-3-12(4-2-11)22-13-7-18-15(17)19-14(13)20-6-5-10(8-20)9-21/h1-4,9,11,22H,5-8,10H2,(H2,18,19,20);1-4,7,10,21H,5-6,8-9H2,(H2,17,18,19). The van der Waals surface area contributed by atoms with Crippen molar-refractivity contribution in [2.45, 2.75) is 19.3 Å². The number of rotatable bonds is 9. The molecule has 12 nitrogen and oxygen atoms in total. The Balaban J connectivity index is 0.000000178. The minimum Gasteiger partial charge on any atom is -0.452 e. The lowest BCUT2D eigenvalue weighted by atomic mass is 10.1. The van der Waals surface area contributed by atoms with Gasteiger partial charge in [0.2, 0.25) is 11.9 Å². The van der Waals surface area contributed by atoms with Crippen LogP contribution < -0.4 is 30.7 Å². The summed E-state index contributed by atoms with van der Waals surface area (Å²) in [5, 5.41) is 19.7. The normalized spacial score (nSPS) is 17.6. The maximum atomic E-state index is 9.29. The first-order chi connectivity index (χ1) is 21.8. The van der Waals surface area contributed by atoms with Crippen LogP contribution in [0.3, 0.4) is 0 Å². The Hall–Kier alpha value is -4.10. The van der Waals surface area contributed by atoms with Crippen molar-refractivity contribution in [3.8, 4) is 23.0 Å². The predicted molar refractivity (Wildman–Crippen MR) is 175 cm³/mol. The molecule has 2 unspecified atom stereocenters. The maximum absolute atomic E-state index is 9.29. The first-order valence-electron chi connectivity index (χ1n) is 14.6. The van der Waals surface area contributed by atoms with Gasteiger partial charge in [-0.15, -0.1) is 0 Å². The van der Waals surface area contributed by atoms with Crippen molar-refractivity contribution in [3.05, 3.63) is 71.0 Å². The largest absolute Gasteiger partial charge is 0.452 e. The van der Waals surface area contributed by atoms with Gasteiger partial charge in [-0.25, -0.2) is 9.97 Å².